The van der Waals surface area contributed by atoms with Gasteiger partial charge in [0.15, 0.2) is 0 Å². The van der Waals surface area contributed by atoms with Gasteiger partial charge in [0.2, 0.25) is 0 Å². The lowest BCUT2D eigenvalue weighted by Crippen LogP contribution is -2.28. The number of hydrogen-bond acceptors (Lipinski definition) is 3. The van der Waals surface area contributed by atoms with Crippen molar-refractivity contribution in [2.75, 3.05) is 7.11 Å². The molecule has 1 unspecified atom stereocenters. The molecule has 0 spiro atoms. The summed E-state index contributed by atoms with van der Waals surface area (Å²) < 4.78 is 18.3. The van der Waals surface area contributed by atoms with E-state index in [9.17, 15) is 9.50 Å². The molecular weight excluding hydrogens is 281 g/mol. The number of halogens is 2. The average Bonchev–Trinajstić information content (AvgIpc) is 2.47. The second kappa shape index (κ2) is 5.77. The minimum absolute atomic E-state index is 0.349. The molecule has 0 radical (unpaired) electrons. The third-order valence-electron chi connectivity index (χ3n) is 3.27. The summed E-state index contributed by atoms with van der Waals surface area (Å²) >= 11 is 6.00. The Balaban J connectivity index is 2.61. The number of hydrogen-bond donors (Lipinski definition) is 1. The molecule has 2 aromatic rings. The molecular formula is C15H15ClFNO2. The highest BCUT2D eigenvalue weighted by molar-refractivity contribution is 6.30. The van der Waals surface area contributed by atoms with E-state index >= 15 is 0 Å². The summed E-state index contributed by atoms with van der Waals surface area (Å²) in [4.78, 5) is 3.98. The van der Waals surface area contributed by atoms with E-state index in [2.05, 4.69) is 4.98 Å². The number of aromatic nitrogens is 1. The van der Waals surface area contributed by atoms with Gasteiger partial charge in [-0.05, 0) is 36.8 Å². The van der Waals surface area contributed by atoms with Crippen molar-refractivity contribution in [3.63, 3.8) is 0 Å². The van der Waals surface area contributed by atoms with Crippen LogP contribution in [0.5, 0.6) is 5.75 Å². The first kappa shape index (κ1) is 14.8. The highest BCUT2D eigenvalue weighted by Crippen LogP contribution is 2.38. The maximum absolute atomic E-state index is 13.0. The SMILES string of the molecule is CCC(O)(c1ccc(F)cn1)c1cc(Cl)ccc1OC. The Morgan fingerprint density at radius 3 is 2.65 bits per heavy atom. The van der Waals surface area contributed by atoms with Crippen LogP contribution in [0.3, 0.4) is 0 Å². The quantitative estimate of drug-likeness (QED) is 0.938. The molecule has 0 aliphatic heterocycles. The summed E-state index contributed by atoms with van der Waals surface area (Å²) in [6.07, 6.45) is 1.43. The molecule has 0 aliphatic rings. The van der Waals surface area contributed by atoms with Gasteiger partial charge < -0.3 is 9.84 Å². The number of ether oxygens (including phenoxy) is 1. The van der Waals surface area contributed by atoms with E-state index < -0.39 is 11.4 Å². The van der Waals surface area contributed by atoms with Crippen molar-refractivity contribution >= 4 is 11.6 Å². The molecule has 0 saturated heterocycles. The van der Waals surface area contributed by atoms with Crippen LogP contribution in [0.15, 0.2) is 36.5 Å². The Morgan fingerprint density at radius 1 is 1.35 bits per heavy atom. The Hall–Kier alpha value is -1.65. The van der Waals surface area contributed by atoms with Gasteiger partial charge in [0.1, 0.15) is 17.2 Å². The van der Waals surface area contributed by atoms with E-state index in [-0.39, 0.29) is 0 Å². The van der Waals surface area contributed by atoms with Gasteiger partial charge in [-0.3, -0.25) is 4.98 Å². The average molecular weight is 296 g/mol. The molecule has 0 fully saturated rings. The van der Waals surface area contributed by atoms with E-state index in [1.165, 1.54) is 19.2 Å². The fourth-order valence-electron chi connectivity index (χ4n) is 2.13. The monoisotopic (exact) mass is 295 g/mol. The van der Waals surface area contributed by atoms with Gasteiger partial charge in [-0.2, -0.15) is 0 Å². The van der Waals surface area contributed by atoms with Crippen molar-refractivity contribution in [2.24, 2.45) is 0 Å². The van der Waals surface area contributed by atoms with Gasteiger partial charge in [-0.15, -0.1) is 0 Å². The first-order valence-corrected chi connectivity index (χ1v) is 6.57. The largest absolute Gasteiger partial charge is 0.496 e. The molecule has 1 N–H and O–H groups in total. The van der Waals surface area contributed by atoms with Crippen molar-refractivity contribution < 1.29 is 14.2 Å². The van der Waals surface area contributed by atoms with Crippen LogP contribution in [0.2, 0.25) is 5.02 Å². The summed E-state index contributed by atoms with van der Waals surface area (Å²) in [7, 11) is 1.51. The molecule has 0 saturated carbocycles. The second-order valence-corrected chi connectivity index (χ2v) is 4.86. The topological polar surface area (TPSA) is 42.4 Å². The molecule has 0 aliphatic carbocycles. The van der Waals surface area contributed by atoms with E-state index in [1.54, 1.807) is 18.2 Å². The van der Waals surface area contributed by atoms with Crippen molar-refractivity contribution in [2.45, 2.75) is 18.9 Å². The number of nitrogens with zero attached hydrogens (tertiary/aromatic N) is 1. The molecule has 3 nitrogen and oxygen atoms in total. The van der Waals surface area contributed by atoms with Crippen LogP contribution in [0, 0.1) is 5.82 Å². The lowest BCUT2D eigenvalue weighted by Gasteiger charge is -2.28. The minimum atomic E-state index is -1.38. The zero-order valence-corrected chi connectivity index (χ0v) is 12.0. The third-order valence-corrected chi connectivity index (χ3v) is 3.50. The smallest absolute Gasteiger partial charge is 0.141 e. The fourth-order valence-corrected chi connectivity index (χ4v) is 2.31. The van der Waals surface area contributed by atoms with Crippen LogP contribution in [0.4, 0.5) is 4.39 Å². The van der Waals surface area contributed by atoms with E-state index in [1.807, 2.05) is 6.92 Å². The standard InChI is InChI=1S/C15H15ClFNO2/c1-3-15(19,14-7-5-11(17)9-18-14)12-8-10(16)4-6-13(12)20-2/h4-9,19H,3H2,1-2H3. The first-order valence-electron chi connectivity index (χ1n) is 6.19. The zero-order valence-electron chi connectivity index (χ0n) is 11.2. The molecule has 0 amide bonds. The highest BCUT2D eigenvalue weighted by Gasteiger charge is 2.34. The van der Waals surface area contributed by atoms with Gasteiger partial charge in [0.25, 0.3) is 0 Å². The number of benzene rings is 1. The molecule has 0 bridgehead atoms. The van der Waals surface area contributed by atoms with Gasteiger partial charge in [0.05, 0.1) is 19.0 Å². The Labute approximate surface area is 122 Å². The van der Waals surface area contributed by atoms with Crippen LogP contribution in [0.25, 0.3) is 0 Å². The highest BCUT2D eigenvalue weighted by atomic mass is 35.5. The lowest BCUT2D eigenvalue weighted by molar-refractivity contribution is 0.0690. The summed E-state index contributed by atoms with van der Waals surface area (Å²) in [5, 5.41) is 11.4. The maximum atomic E-state index is 13.0. The molecule has 2 rings (SSSR count). The van der Waals surface area contributed by atoms with E-state index in [0.29, 0.717) is 28.5 Å². The summed E-state index contributed by atoms with van der Waals surface area (Å²) in [5.41, 5.74) is -0.528. The lowest BCUT2D eigenvalue weighted by atomic mass is 9.86. The van der Waals surface area contributed by atoms with Gasteiger partial charge in [-0.25, -0.2) is 4.39 Å². The molecule has 20 heavy (non-hydrogen) atoms. The predicted molar refractivity (Wildman–Crippen MR) is 75.5 cm³/mol. The number of rotatable bonds is 4. The van der Waals surface area contributed by atoms with Gasteiger partial charge in [0, 0.05) is 10.6 Å². The van der Waals surface area contributed by atoms with E-state index in [0.717, 1.165) is 6.20 Å². The summed E-state index contributed by atoms with van der Waals surface area (Å²) in [6, 6.07) is 7.72. The van der Waals surface area contributed by atoms with E-state index in [4.69, 9.17) is 16.3 Å². The van der Waals surface area contributed by atoms with Crippen molar-refractivity contribution in [3.8, 4) is 5.75 Å². The Morgan fingerprint density at radius 2 is 2.10 bits per heavy atom. The maximum Gasteiger partial charge on any atom is 0.141 e. The van der Waals surface area contributed by atoms with Crippen LogP contribution in [0.1, 0.15) is 24.6 Å². The normalized spacial score (nSPS) is 13.8. The van der Waals surface area contributed by atoms with Crippen LogP contribution >= 0.6 is 11.6 Å². The second-order valence-electron chi connectivity index (χ2n) is 4.42. The third kappa shape index (κ3) is 2.62. The summed E-state index contributed by atoms with van der Waals surface area (Å²) in [5.74, 6) is 0.0511. The van der Waals surface area contributed by atoms with Crippen molar-refractivity contribution in [1.29, 1.82) is 0 Å². The van der Waals surface area contributed by atoms with Crippen molar-refractivity contribution in [1.82, 2.24) is 4.98 Å². The molecule has 1 atom stereocenters. The van der Waals surface area contributed by atoms with Crippen LogP contribution < -0.4 is 4.74 Å². The first-order chi connectivity index (χ1) is 9.51. The summed E-state index contributed by atoms with van der Waals surface area (Å²) in [6.45, 7) is 1.81. The molecule has 106 valence electrons. The molecule has 1 aromatic heterocycles. The zero-order chi connectivity index (χ0) is 14.8. The predicted octanol–water partition coefficient (Wildman–Crippen LogP) is 3.53. The molecule has 1 aromatic carbocycles. The Bertz CT molecular complexity index is 603. The Kier molecular flexibility index (Phi) is 4.26. The number of aliphatic hydroxyl groups is 1. The van der Waals surface area contributed by atoms with Crippen molar-refractivity contribution in [3.05, 3.63) is 58.6 Å². The minimum Gasteiger partial charge on any atom is -0.496 e. The van der Waals surface area contributed by atoms with Gasteiger partial charge >= 0.3 is 0 Å². The van der Waals surface area contributed by atoms with Crippen LogP contribution in [-0.2, 0) is 5.60 Å². The van der Waals surface area contributed by atoms with Crippen LogP contribution in [-0.4, -0.2) is 17.2 Å². The molecule has 5 heteroatoms. The van der Waals surface area contributed by atoms with Gasteiger partial charge in [-0.1, -0.05) is 18.5 Å². The number of pyridine rings is 1. The molecule has 1 heterocycles. The number of methoxy groups -OCH3 is 1. The fraction of sp³-hybridized carbons (Fsp3) is 0.267.